The fourth-order valence-electron chi connectivity index (χ4n) is 4.67. The summed E-state index contributed by atoms with van der Waals surface area (Å²) in [6.45, 7) is 2.10. The Morgan fingerprint density at radius 2 is 1.80 bits per heavy atom. The second-order valence-electron chi connectivity index (χ2n) is 8.52. The molecule has 9 heteroatoms. The minimum Gasteiger partial charge on any atom is -0.496 e. The van der Waals surface area contributed by atoms with Crippen LogP contribution in [-0.2, 0) is 10.5 Å². The molecule has 0 saturated carbocycles. The van der Waals surface area contributed by atoms with Crippen LogP contribution in [-0.4, -0.2) is 41.9 Å². The lowest BCUT2D eigenvalue weighted by Gasteiger charge is -2.33. The molecule has 0 saturated heterocycles. The SMILES string of the molecule is COc1cc(OC)c([C@H]2C3=C(CCCC3=O)Nc3nc(SCc4ccccc4C)nn32)cc1OC. The number of nitrogens with one attached hydrogen (secondary N) is 1. The normalized spacial score (nSPS) is 16.9. The van der Waals surface area contributed by atoms with Crippen molar-refractivity contribution in [1.82, 2.24) is 14.8 Å². The number of thioether (sulfide) groups is 1. The number of ether oxygens (including phenoxy) is 3. The van der Waals surface area contributed by atoms with Gasteiger partial charge in [-0.2, -0.15) is 4.98 Å². The Bertz CT molecular complexity index is 1320. The number of methoxy groups -OCH3 is 3. The molecule has 182 valence electrons. The number of ketones is 1. The highest BCUT2D eigenvalue weighted by molar-refractivity contribution is 7.98. The predicted octanol–water partition coefficient (Wildman–Crippen LogP) is 4.93. The maximum atomic E-state index is 13.2. The standard InChI is InChI=1S/C26H28N4O4S/c1-15-8-5-6-9-16(15)14-35-26-28-25-27-18-10-7-11-19(31)23(18)24(30(25)29-26)17-12-21(33-3)22(34-4)13-20(17)32-2/h5-6,8-9,12-13,24H,7,10-11,14H2,1-4H3,(H,27,28,29)/t24-/m0/s1. The van der Waals surface area contributed by atoms with E-state index in [2.05, 4.69) is 24.4 Å². The van der Waals surface area contributed by atoms with Crippen molar-refractivity contribution in [3.05, 3.63) is 64.4 Å². The van der Waals surface area contributed by atoms with Gasteiger partial charge in [-0.25, -0.2) is 4.68 Å². The maximum Gasteiger partial charge on any atom is 0.227 e. The fraction of sp³-hybridized carbons (Fsp3) is 0.346. The molecule has 35 heavy (non-hydrogen) atoms. The van der Waals surface area contributed by atoms with Crippen molar-refractivity contribution in [3.63, 3.8) is 0 Å². The molecule has 1 aliphatic heterocycles. The van der Waals surface area contributed by atoms with Gasteiger partial charge in [0, 0.05) is 35.1 Å². The van der Waals surface area contributed by atoms with Crippen LogP contribution in [0, 0.1) is 6.92 Å². The minimum absolute atomic E-state index is 0.107. The molecule has 3 aromatic rings. The third-order valence-corrected chi connectivity index (χ3v) is 7.38. The largest absolute Gasteiger partial charge is 0.496 e. The number of nitrogens with zero attached hydrogens (tertiary/aromatic N) is 3. The van der Waals surface area contributed by atoms with Gasteiger partial charge in [0.1, 0.15) is 11.8 Å². The summed E-state index contributed by atoms with van der Waals surface area (Å²) in [5.74, 6) is 3.19. The number of benzene rings is 2. The molecule has 1 atom stereocenters. The summed E-state index contributed by atoms with van der Waals surface area (Å²) in [6.07, 6.45) is 2.10. The second-order valence-corrected chi connectivity index (χ2v) is 9.47. The Balaban J connectivity index is 1.59. The van der Waals surface area contributed by atoms with E-state index in [1.165, 1.54) is 11.1 Å². The average molecular weight is 493 g/mol. The van der Waals surface area contributed by atoms with Gasteiger partial charge in [0.05, 0.1) is 21.3 Å². The highest BCUT2D eigenvalue weighted by Gasteiger charge is 2.38. The third-order valence-electron chi connectivity index (χ3n) is 6.50. The van der Waals surface area contributed by atoms with E-state index in [0.717, 1.165) is 29.9 Å². The number of carbonyl (C=O) groups excluding carboxylic acids is 1. The van der Waals surface area contributed by atoms with E-state index in [1.54, 1.807) is 43.8 Å². The van der Waals surface area contributed by atoms with Gasteiger partial charge in [0.2, 0.25) is 11.1 Å². The molecule has 2 aliphatic rings. The smallest absolute Gasteiger partial charge is 0.227 e. The first-order valence-corrected chi connectivity index (χ1v) is 12.5. The zero-order chi connectivity index (χ0) is 24.5. The summed E-state index contributed by atoms with van der Waals surface area (Å²) in [4.78, 5) is 18.0. The topological polar surface area (TPSA) is 87.5 Å². The van der Waals surface area contributed by atoms with Gasteiger partial charge in [-0.1, -0.05) is 36.0 Å². The number of rotatable bonds is 7. The van der Waals surface area contributed by atoms with Gasteiger partial charge < -0.3 is 19.5 Å². The van der Waals surface area contributed by atoms with Gasteiger partial charge in [0.25, 0.3) is 0 Å². The predicted molar refractivity (Wildman–Crippen MR) is 135 cm³/mol. The van der Waals surface area contributed by atoms with E-state index in [1.807, 2.05) is 18.2 Å². The van der Waals surface area contributed by atoms with E-state index in [-0.39, 0.29) is 5.78 Å². The van der Waals surface area contributed by atoms with Crippen molar-refractivity contribution in [3.8, 4) is 17.2 Å². The highest BCUT2D eigenvalue weighted by atomic mass is 32.2. The lowest BCUT2D eigenvalue weighted by atomic mass is 9.85. The van der Waals surface area contributed by atoms with Crippen LogP contribution in [0.4, 0.5) is 5.95 Å². The molecule has 1 aromatic heterocycles. The quantitative estimate of drug-likeness (QED) is 0.465. The number of hydrogen-bond acceptors (Lipinski definition) is 8. The maximum absolute atomic E-state index is 13.2. The molecule has 2 aromatic carbocycles. The molecule has 0 spiro atoms. The first kappa shape index (κ1) is 23.3. The molecule has 0 amide bonds. The lowest BCUT2D eigenvalue weighted by molar-refractivity contribution is -0.116. The van der Waals surface area contributed by atoms with Gasteiger partial charge in [-0.3, -0.25) is 4.79 Å². The molecule has 0 radical (unpaired) electrons. The fourth-order valence-corrected chi connectivity index (χ4v) is 5.57. The van der Waals surface area contributed by atoms with Crippen LogP contribution in [0.15, 0.2) is 52.8 Å². The Labute approximate surface area is 208 Å². The van der Waals surface area contributed by atoms with Crippen molar-refractivity contribution < 1.29 is 19.0 Å². The number of carbonyl (C=O) groups is 1. The number of Topliss-reactive ketones (excluding diaryl/α,β-unsaturated/α-hetero) is 1. The van der Waals surface area contributed by atoms with E-state index in [4.69, 9.17) is 24.3 Å². The van der Waals surface area contributed by atoms with Crippen LogP contribution in [0.2, 0.25) is 0 Å². The van der Waals surface area contributed by atoms with Crippen molar-refractivity contribution in [2.75, 3.05) is 26.6 Å². The Morgan fingerprint density at radius 1 is 1.06 bits per heavy atom. The summed E-state index contributed by atoms with van der Waals surface area (Å²) in [5.41, 5.74) is 4.85. The molecule has 5 rings (SSSR count). The highest BCUT2D eigenvalue weighted by Crippen LogP contribution is 2.46. The molecule has 1 N–H and O–H groups in total. The number of allylic oxidation sites excluding steroid dienone is 2. The first-order valence-electron chi connectivity index (χ1n) is 11.5. The van der Waals surface area contributed by atoms with Crippen LogP contribution in [0.5, 0.6) is 17.2 Å². The molecule has 0 unspecified atom stereocenters. The number of fused-ring (bicyclic) bond motifs is 1. The van der Waals surface area contributed by atoms with Crippen LogP contribution in [0.3, 0.4) is 0 Å². The Morgan fingerprint density at radius 3 is 2.54 bits per heavy atom. The molecule has 1 aliphatic carbocycles. The summed E-state index contributed by atoms with van der Waals surface area (Å²) < 4.78 is 18.6. The molecule has 8 nitrogen and oxygen atoms in total. The summed E-state index contributed by atoms with van der Waals surface area (Å²) in [5, 5.41) is 8.88. The molecule has 2 heterocycles. The van der Waals surface area contributed by atoms with Crippen LogP contribution < -0.4 is 19.5 Å². The molecule has 0 bridgehead atoms. The zero-order valence-corrected chi connectivity index (χ0v) is 21.1. The van der Waals surface area contributed by atoms with Crippen molar-refractivity contribution >= 4 is 23.5 Å². The number of aryl methyl sites for hydroxylation is 1. The van der Waals surface area contributed by atoms with E-state index >= 15 is 0 Å². The van der Waals surface area contributed by atoms with Gasteiger partial charge in [-0.15, -0.1) is 5.10 Å². The Kier molecular flexibility index (Phi) is 6.42. The van der Waals surface area contributed by atoms with Crippen molar-refractivity contribution in [2.24, 2.45) is 0 Å². The zero-order valence-electron chi connectivity index (χ0n) is 20.3. The van der Waals surface area contributed by atoms with E-state index in [9.17, 15) is 4.79 Å². The molecular weight excluding hydrogens is 464 g/mol. The monoisotopic (exact) mass is 492 g/mol. The second kappa shape index (κ2) is 9.65. The van der Waals surface area contributed by atoms with E-state index in [0.29, 0.717) is 40.3 Å². The third kappa shape index (κ3) is 4.25. The summed E-state index contributed by atoms with van der Waals surface area (Å²) in [7, 11) is 4.78. The van der Waals surface area contributed by atoms with Crippen LogP contribution in [0.25, 0.3) is 0 Å². The van der Waals surface area contributed by atoms with Gasteiger partial charge >= 0.3 is 0 Å². The number of anilines is 1. The average Bonchev–Trinajstić information content (AvgIpc) is 3.28. The van der Waals surface area contributed by atoms with Crippen LogP contribution in [0.1, 0.15) is 42.0 Å². The van der Waals surface area contributed by atoms with Gasteiger partial charge in [-0.05, 0) is 37.0 Å². The van der Waals surface area contributed by atoms with Crippen molar-refractivity contribution in [1.29, 1.82) is 0 Å². The minimum atomic E-state index is -0.482. The first-order chi connectivity index (χ1) is 17.0. The summed E-state index contributed by atoms with van der Waals surface area (Å²) >= 11 is 1.57. The molecular formula is C26H28N4O4S. The Hall–Kier alpha value is -3.46. The molecule has 0 fully saturated rings. The van der Waals surface area contributed by atoms with E-state index < -0.39 is 6.04 Å². The number of aromatic nitrogens is 3. The summed E-state index contributed by atoms with van der Waals surface area (Å²) in [6, 6.07) is 11.5. The van der Waals surface area contributed by atoms with Crippen molar-refractivity contribution in [2.45, 2.75) is 43.1 Å². The lowest BCUT2D eigenvalue weighted by Crippen LogP contribution is -2.31. The number of hydrogen-bond donors (Lipinski definition) is 1. The van der Waals surface area contributed by atoms with Crippen LogP contribution >= 0.6 is 11.8 Å². The van der Waals surface area contributed by atoms with Gasteiger partial charge in [0.15, 0.2) is 17.3 Å².